The van der Waals surface area contributed by atoms with E-state index in [2.05, 4.69) is 0 Å². The summed E-state index contributed by atoms with van der Waals surface area (Å²) in [5.41, 5.74) is 6.11. The van der Waals surface area contributed by atoms with Crippen molar-refractivity contribution in [3.05, 3.63) is 35.6 Å². The normalized spacial score (nSPS) is 12.4. The predicted octanol–water partition coefficient (Wildman–Crippen LogP) is 1.17. The highest BCUT2D eigenvalue weighted by molar-refractivity contribution is 7.80. The summed E-state index contributed by atoms with van der Waals surface area (Å²) >= 11 is 4.89. The number of benzene rings is 1. The fraction of sp³-hybridized carbons (Fsp3) is 0.273. The standard InChI is InChI=1S/C11H13FN2O2S/c1-14(6-9(15)16)10(11(13)17)7-3-2-4-8(12)5-7/h2-5,10H,6H2,1H3,(H2,13,17)(H,15,16). The number of carboxylic acid groups (broad SMARTS) is 1. The SMILES string of the molecule is CN(CC(=O)O)C(C(N)=S)c1cccc(F)c1. The number of aliphatic carboxylic acids is 1. The number of halogens is 1. The van der Waals surface area contributed by atoms with Gasteiger partial charge >= 0.3 is 5.97 Å². The summed E-state index contributed by atoms with van der Waals surface area (Å²) < 4.78 is 13.1. The number of hydrogen-bond acceptors (Lipinski definition) is 3. The molecule has 0 saturated heterocycles. The van der Waals surface area contributed by atoms with Crippen molar-refractivity contribution >= 4 is 23.2 Å². The van der Waals surface area contributed by atoms with Crippen molar-refractivity contribution in [2.45, 2.75) is 6.04 Å². The fourth-order valence-corrected chi connectivity index (χ4v) is 1.93. The Balaban J connectivity index is 3.01. The number of hydrogen-bond donors (Lipinski definition) is 2. The highest BCUT2D eigenvalue weighted by atomic mass is 32.1. The summed E-state index contributed by atoms with van der Waals surface area (Å²) in [6.07, 6.45) is 0. The van der Waals surface area contributed by atoms with E-state index in [1.807, 2.05) is 0 Å². The zero-order valence-electron chi connectivity index (χ0n) is 9.26. The summed E-state index contributed by atoms with van der Waals surface area (Å²) in [7, 11) is 1.57. The van der Waals surface area contributed by atoms with Gasteiger partial charge in [0, 0.05) is 0 Å². The smallest absolute Gasteiger partial charge is 0.317 e. The van der Waals surface area contributed by atoms with Gasteiger partial charge in [0.05, 0.1) is 17.6 Å². The van der Waals surface area contributed by atoms with Crippen LogP contribution in [0.25, 0.3) is 0 Å². The number of rotatable bonds is 5. The van der Waals surface area contributed by atoms with E-state index in [9.17, 15) is 9.18 Å². The van der Waals surface area contributed by atoms with Gasteiger partial charge in [-0.3, -0.25) is 9.69 Å². The Kier molecular flexibility index (Phi) is 4.53. The zero-order valence-corrected chi connectivity index (χ0v) is 10.1. The predicted molar refractivity (Wildman–Crippen MR) is 66.2 cm³/mol. The second kappa shape index (κ2) is 5.70. The molecule has 17 heavy (non-hydrogen) atoms. The van der Waals surface area contributed by atoms with Crippen molar-refractivity contribution in [1.29, 1.82) is 0 Å². The van der Waals surface area contributed by atoms with Crippen LogP contribution in [0.1, 0.15) is 11.6 Å². The Hall–Kier alpha value is -1.53. The van der Waals surface area contributed by atoms with Crippen LogP contribution in [-0.2, 0) is 4.79 Å². The van der Waals surface area contributed by atoms with Crippen LogP contribution in [0.4, 0.5) is 4.39 Å². The molecule has 0 amide bonds. The lowest BCUT2D eigenvalue weighted by molar-refractivity contribution is -0.138. The summed E-state index contributed by atoms with van der Waals surface area (Å²) in [6.45, 7) is -0.224. The van der Waals surface area contributed by atoms with Crippen LogP contribution in [-0.4, -0.2) is 34.6 Å². The lowest BCUT2D eigenvalue weighted by atomic mass is 10.1. The maximum Gasteiger partial charge on any atom is 0.317 e. The molecular weight excluding hydrogens is 243 g/mol. The average molecular weight is 256 g/mol. The molecule has 1 rings (SSSR count). The first-order valence-corrected chi connectivity index (χ1v) is 5.29. The molecule has 1 aromatic rings. The minimum Gasteiger partial charge on any atom is -0.480 e. The van der Waals surface area contributed by atoms with Gasteiger partial charge < -0.3 is 10.8 Å². The molecule has 1 unspecified atom stereocenters. The van der Waals surface area contributed by atoms with E-state index in [4.69, 9.17) is 23.1 Å². The molecule has 0 aliphatic carbocycles. The quantitative estimate of drug-likeness (QED) is 0.774. The van der Waals surface area contributed by atoms with Crippen molar-refractivity contribution in [3.8, 4) is 0 Å². The van der Waals surface area contributed by atoms with E-state index < -0.39 is 17.8 Å². The minimum absolute atomic E-state index is 0.111. The van der Waals surface area contributed by atoms with Crippen LogP contribution in [0.15, 0.2) is 24.3 Å². The Labute approximate surface area is 104 Å². The first-order valence-electron chi connectivity index (χ1n) is 4.88. The van der Waals surface area contributed by atoms with Gasteiger partial charge in [0.25, 0.3) is 0 Å². The molecule has 0 saturated carbocycles. The van der Waals surface area contributed by atoms with Gasteiger partial charge in [0.2, 0.25) is 0 Å². The van der Waals surface area contributed by atoms with Crippen LogP contribution >= 0.6 is 12.2 Å². The molecule has 0 heterocycles. The fourth-order valence-electron chi connectivity index (χ4n) is 1.62. The van der Waals surface area contributed by atoms with Gasteiger partial charge in [-0.05, 0) is 24.7 Å². The van der Waals surface area contributed by atoms with Crippen molar-refractivity contribution < 1.29 is 14.3 Å². The molecule has 0 fully saturated rings. The van der Waals surface area contributed by atoms with Crippen LogP contribution in [0.5, 0.6) is 0 Å². The van der Waals surface area contributed by atoms with E-state index in [1.165, 1.54) is 23.1 Å². The average Bonchev–Trinajstić information content (AvgIpc) is 2.15. The molecule has 3 N–H and O–H groups in total. The summed E-state index contributed by atoms with van der Waals surface area (Å²) in [4.78, 5) is 12.2. The zero-order chi connectivity index (χ0) is 13.0. The van der Waals surface area contributed by atoms with E-state index in [0.717, 1.165) is 0 Å². The van der Waals surface area contributed by atoms with Gasteiger partial charge in [-0.1, -0.05) is 24.4 Å². The highest BCUT2D eigenvalue weighted by Gasteiger charge is 2.21. The van der Waals surface area contributed by atoms with Crippen molar-refractivity contribution in [1.82, 2.24) is 4.90 Å². The number of nitrogens with two attached hydrogens (primary N) is 1. The highest BCUT2D eigenvalue weighted by Crippen LogP contribution is 2.20. The Morgan fingerprint density at radius 1 is 1.65 bits per heavy atom. The maximum absolute atomic E-state index is 13.1. The maximum atomic E-state index is 13.1. The molecule has 0 radical (unpaired) electrons. The first-order chi connectivity index (χ1) is 7.91. The third kappa shape index (κ3) is 3.76. The molecule has 92 valence electrons. The van der Waals surface area contributed by atoms with Gasteiger partial charge in [-0.25, -0.2) is 4.39 Å². The minimum atomic E-state index is -0.995. The molecule has 0 aliphatic rings. The Bertz CT molecular complexity index is 439. The lowest BCUT2D eigenvalue weighted by Crippen LogP contribution is -2.37. The van der Waals surface area contributed by atoms with E-state index in [-0.39, 0.29) is 11.5 Å². The Morgan fingerprint density at radius 3 is 2.76 bits per heavy atom. The van der Waals surface area contributed by atoms with Gasteiger partial charge in [0.15, 0.2) is 0 Å². The number of carbonyl (C=O) groups is 1. The topological polar surface area (TPSA) is 66.6 Å². The van der Waals surface area contributed by atoms with Crippen LogP contribution in [0.2, 0.25) is 0 Å². The monoisotopic (exact) mass is 256 g/mol. The third-order valence-corrected chi connectivity index (χ3v) is 2.48. The summed E-state index contributed by atoms with van der Waals surface area (Å²) in [5, 5.41) is 8.72. The molecule has 0 aliphatic heterocycles. The van der Waals surface area contributed by atoms with Crippen molar-refractivity contribution in [3.63, 3.8) is 0 Å². The third-order valence-electron chi connectivity index (χ3n) is 2.26. The molecule has 1 atom stereocenters. The van der Waals surface area contributed by atoms with E-state index >= 15 is 0 Å². The van der Waals surface area contributed by atoms with Gasteiger partial charge in [-0.15, -0.1) is 0 Å². The molecule has 6 heteroatoms. The van der Waals surface area contributed by atoms with Crippen LogP contribution in [0, 0.1) is 5.82 Å². The number of thiocarbonyl (C=S) groups is 1. The first kappa shape index (κ1) is 13.5. The second-order valence-corrected chi connectivity index (χ2v) is 4.14. The molecular formula is C11H13FN2O2S. The largest absolute Gasteiger partial charge is 0.480 e. The molecule has 0 bridgehead atoms. The molecule has 1 aromatic carbocycles. The summed E-state index contributed by atoms with van der Waals surface area (Å²) in [5.74, 6) is -1.40. The van der Waals surface area contributed by atoms with Gasteiger partial charge in [-0.2, -0.15) is 0 Å². The second-order valence-electron chi connectivity index (χ2n) is 3.67. The summed E-state index contributed by atoms with van der Waals surface area (Å²) in [6, 6.07) is 5.20. The lowest BCUT2D eigenvalue weighted by Gasteiger charge is -2.25. The van der Waals surface area contributed by atoms with Crippen LogP contribution < -0.4 is 5.73 Å². The number of carboxylic acids is 1. The Morgan fingerprint density at radius 2 is 2.29 bits per heavy atom. The van der Waals surface area contributed by atoms with Crippen LogP contribution in [0.3, 0.4) is 0 Å². The van der Waals surface area contributed by atoms with Gasteiger partial charge in [0.1, 0.15) is 5.82 Å². The molecule has 4 nitrogen and oxygen atoms in total. The van der Waals surface area contributed by atoms with E-state index in [1.54, 1.807) is 13.1 Å². The van der Waals surface area contributed by atoms with E-state index in [0.29, 0.717) is 5.56 Å². The molecule has 0 spiro atoms. The van der Waals surface area contributed by atoms with Crippen molar-refractivity contribution in [2.75, 3.05) is 13.6 Å². The number of nitrogens with zero attached hydrogens (tertiary/aromatic N) is 1. The van der Waals surface area contributed by atoms with Crippen molar-refractivity contribution in [2.24, 2.45) is 5.73 Å². The molecule has 0 aromatic heterocycles. The number of likely N-dealkylation sites (N-methyl/N-ethyl adjacent to an activating group) is 1.